The Morgan fingerprint density at radius 3 is 1.45 bits per heavy atom. The fourth-order valence-electron chi connectivity index (χ4n) is 2.02. The number of hydrazone groups is 2. The van der Waals surface area contributed by atoms with E-state index in [1.807, 2.05) is 0 Å². The zero-order valence-corrected chi connectivity index (χ0v) is 15.8. The first kappa shape index (κ1) is 22.8. The highest BCUT2D eigenvalue weighted by atomic mass is 16.6. The van der Waals surface area contributed by atoms with E-state index >= 15 is 0 Å². The Morgan fingerprint density at radius 1 is 0.774 bits per heavy atom. The number of nitro benzene ring substituents is 2. The molecule has 13 nitrogen and oxygen atoms in total. The van der Waals surface area contributed by atoms with E-state index in [1.54, 1.807) is 0 Å². The number of nitrogens with zero attached hydrogens (tertiary/aromatic N) is 4. The van der Waals surface area contributed by atoms with Crippen LogP contribution in [0.2, 0.25) is 0 Å². The minimum absolute atomic E-state index is 0.0649. The van der Waals surface area contributed by atoms with Crippen LogP contribution in [0.15, 0.2) is 58.7 Å². The second-order valence-corrected chi connectivity index (χ2v) is 5.78. The molecule has 0 saturated carbocycles. The summed E-state index contributed by atoms with van der Waals surface area (Å²) in [6.07, 6.45) is 2.59. The number of ether oxygens (including phenoxy) is 1. The first-order chi connectivity index (χ1) is 14.8. The zero-order valence-electron chi connectivity index (χ0n) is 15.8. The van der Waals surface area contributed by atoms with Crippen molar-refractivity contribution in [2.75, 3.05) is 13.2 Å². The van der Waals surface area contributed by atoms with Crippen LogP contribution in [-0.2, 0) is 14.3 Å². The Bertz CT molecular complexity index is 922. The number of rotatable bonds is 10. The summed E-state index contributed by atoms with van der Waals surface area (Å²) in [5, 5.41) is 28.5. The number of amides is 2. The van der Waals surface area contributed by atoms with Gasteiger partial charge in [-0.15, -0.1) is 0 Å². The van der Waals surface area contributed by atoms with E-state index in [-0.39, 0.29) is 11.4 Å². The summed E-state index contributed by atoms with van der Waals surface area (Å²) in [5.41, 5.74) is 5.31. The second-order valence-electron chi connectivity index (χ2n) is 5.78. The molecule has 13 heteroatoms. The molecule has 0 aliphatic rings. The molecule has 160 valence electrons. The van der Waals surface area contributed by atoms with E-state index in [1.165, 1.54) is 61.0 Å². The number of hydrogen-bond donors (Lipinski definition) is 2. The first-order valence-electron chi connectivity index (χ1n) is 8.55. The highest BCUT2D eigenvalue weighted by Gasteiger charge is 2.05. The van der Waals surface area contributed by atoms with Gasteiger partial charge in [0, 0.05) is 24.3 Å². The van der Waals surface area contributed by atoms with Crippen LogP contribution < -0.4 is 10.9 Å². The Morgan fingerprint density at radius 2 is 1.13 bits per heavy atom. The third-order valence-electron chi connectivity index (χ3n) is 3.48. The maximum Gasteiger partial charge on any atom is 0.269 e. The molecular formula is C18H16N6O7. The quantitative estimate of drug-likeness (QED) is 0.323. The average molecular weight is 428 g/mol. The van der Waals surface area contributed by atoms with Crippen molar-refractivity contribution in [2.45, 2.75) is 0 Å². The van der Waals surface area contributed by atoms with Gasteiger partial charge in [-0.25, -0.2) is 10.9 Å². The van der Waals surface area contributed by atoms with Crippen molar-refractivity contribution in [3.63, 3.8) is 0 Å². The van der Waals surface area contributed by atoms with Crippen molar-refractivity contribution in [3.05, 3.63) is 79.9 Å². The zero-order chi connectivity index (χ0) is 22.6. The third-order valence-corrected chi connectivity index (χ3v) is 3.48. The molecule has 0 spiro atoms. The summed E-state index contributed by atoms with van der Waals surface area (Å²) in [6, 6.07) is 11.1. The van der Waals surface area contributed by atoms with Gasteiger partial charge in [0.25, 0.3) is 23.2 Å². The van der Waals surface area contributed by atoms with Gasteiger partial charge in [-0.2, -0.15) is 10.2 Å². The van der Waals surface area contributed by atoms with Crippen LogP contribution in [0.5, 0.6) is 0 Å². The fraction of sp³-hybridized carbons (Fsp3) is 0.111. The molecule has 0 saturated heterocycles. The fourth-order valence-corrected chi connectivity index (χ4v) is 2.02. The van der Waals surface area contributed by atoms with Crippen LogP contribution in [0.3, 0.4) is 0 Å². The summed E-state index contributed by atoms with van der Waals surface area (Å²) in [5.74, 6) is -1.22. The van der Waals surface area contributed by atoms with Gasteiger partial charge in [0.15, 0.2) is 0 Å². The minimum atomic E-state index is -0.611. The maximum atomic E-state index is 11.6. The summed E-state index contributed by atoms with van der Waals surface area (Å²) in [6.45, 7) is -0.867. The smallest absolute Gasteiger partial charge is 0.269 e. The molecule has 0 aromatic heterocycles. The molecule has 0 fully saturated rings. The Kier molecular flexibility index (Phi) is 8.43. The van der Waals surface area contributed by atoms with Gasteiger partial charge < -0.3 is 4.74 Å². The highest BCUT2D eigenvalue weighted by molar-refractivity contribution is 5.84. The summed E-state index contributed by atoms with van der Waals surface area (Å²) < 4.78 is 4.93. The van der Waals surface area contributed by atoms with Crippen molar-refractivity contribution in [1.82, 2.24) is 10.9 Å². The number of benzene rings is 2. The molecule has 0 atom stereocenters. The van der Waals surface area contributed by atoms with Crippen LogP contribution in [-0.4, -0.2) is 47.3 Å². The largest absolute Gasteiger partial charge is 0.362 e. The Hall–Kier alpha value is -4.52. The van der Waals surface area contributed by atoms with E-state index in [0.717, 1.165) is 0 Å². The van der Waals surface area contributed by atoms with Gasteiger partial charge in [-0.3, -0.25) is 29.8 Å². The molecule has 0 heterocycles. The number of hydrogen-bond acceptors (Lipinski definition) is 9. The van der Waals surface area contributed by atoms with Gasteiger partial charge in [0.05, 0.1) is 22.3 Å². The number of nitrogens with one attached hydrogen (secondary N) is 2. The molecule has 2 aromatic rings. The van der Waals surface area contributed by atoms with Crippen molar-refractivity contribution < 1.29 is 24.2 Å². The van der Waals surface area contributed by atoms with Gasteiger partial charge in [-0.05, 0) is 35.4 Å². The first-order valence-corrected chi connectivity index (χ1v) is 8.55. The van der Waals surface area contributed by atoms with E-state index in [9.17, 15) is 29.8 Å². The van der Waals surface area contributed by atoms with Crippen LogP contribution in [0.4, 0.5) is 11.4 Å². The van der Waals surface area contributed by atoms with Crippen LogP contribution >= 0.6 is 0 Å². The molecule has 2 N–H and O–H groups in total. The number of nitro groups is 2. The monoisotopic (exact) mass is 428 g/mol. The maximum absolute atomic E-state index is 11.6. The summed E-state index contributed by atoms with van der Waals surface area (Å²) in [7, 11) is 0. The average Bonchev–Trinajstić information content (AvgIpc) is 2.74. The molecule has 2 rings (SSSR count). The van der Waals surface area contributed by atoms with E-state index in [4.69, 9.17) is 4.74 Å². The summed E-state index contributed by atoms with van der Waals surface area (Å²) in [4.78, 5) is 43.2. The summed E-state index contributed by atoms with van der Waals surface area (Å²) >= 11 is 0. The molecule has 2 aromatic carbocycles. The lowest BCUT2D eigenvalue weighted by Gasteiger charge is -2.02. The number of non-ortho nitro benzene ring substituents is 2. The predicted octanol–water partition coefficient (Wildman–Crippen LogP) is 1.12. The molecule has 31 heavy (non-hydrogen) atoms. The lowest BCUT2D eigenvalue weighted by molar-refractivity contribution is -0.385. The van der Waals surface area contributed by atoms with Gasteiger partial charge in [0.2, 0.25) is 0 Å². The Balaban J connectivity index is 1.65. The molecule has 0 unspecified atom stereocenters. The van der Waals surface area contributed by atoms with Crippen LogP contribution in [0.25, 0.3) is 0 Å². The standard InChI is InChI=1S/C18H16N6O7/c25-17(21-19-9-13-1-5-15(6-2-13)23(27)28)11-31-12-18(26)22-20-10-14-3-7-16(8-4-14)24(29)30/h1-10H,11-12H2,(H,21,25)(H,22,26). The lowest BCUT2D eigenvalue weighted by Crippen LogP contribution is -2.28. The predicted molar refractivity (Wildman–Crippen MR) is 108 cm³/mol. The van der Waals surface area contributed by atoms with Crippen molar-refractivity contribution in [1.29, 1.82) is 0 Å². The van der Waals surface area contributed by atoms with E-state index in [0.29, 0.717) is 11.1 Å². The number of carbonyl (C=O) groups is 2. The normalized spacial score (nSPS) is 10.8. The van der Waals surface area contributed by atoms with E-state index < -0.39 is 34.9 Å². The van der Waals surface area contributed by atoms with Crippen LogP contribution in [0.1, 0.15) is 11.1 Å². The van der Waals surface area contributed by atoms with Gasteiger partial charge in [-0.1, -0.05) is 0 Å². The number of carbonyl (C=O) groups excluding carboxylic acids is 2. The Labute approximate surface area is 174 Å². The molecule has 0 aliphatic heterocycles. The third kappa shape index (κ3) is 8.16. The molecular weight excluding hydrogens is 412 g/mol. The van der Waals surface area contributed by atoms with Crippen molar-refractivity contribution >= 4 is 35.6 Å². The van der Waals surface area contributed by atoms with Gasteiger partial charge >= 0.3 is 0 Å². The molecule has 0 bridgehead atoms. The topological polar surface area (TPSA) is 178 Å². The minimum Gasteiger partial charge on any atom is -0.362 e. The lowest BCUT2D eigenvalue weighted by atomic mass is 10.2. The van der Waals surface area contributed by atoms with E-state index in [2.05, 4.69) is 21.1 Å². The van der Waals surface area contributed by atoms with Crippen LogP contribution in [0, 0.1) is 20.2 Å². The highest BCUT2D eigenvalue weighted by Crippen LogP contribution is 2.11. The SMILES string of the molecule is O=C(COCC(=O)NN=Cc1ccc([N+](=O)[O-])cc1)NN=Cc1ccc([N+](=O)[O-])cc1. The van der Waals surface area contributed by atoms with Crippen molar-refractivity contribution in [3.8, 4) is 0 Å². The van der Waals surface area contributed by atoms with Crippen molar-refractivity contribution in [2.24, 2.45) is 10.2 Å². The molecule has 0 aliphatic carbocycles. The van der Waals surface area contributed by atoms with Gasteiger partial charge in [0.1, 0.15) is 13.2 Å². The molecule has 0 radical (unpaired) electrons. The second kappa shape index (κ2) is 11.5. The molecule has 2 amide bonds.